The van der Waals surface area contributed by atoms with E-state index in [1.807, 2.05) is 34.1 Å². The van der Waals surface area contributed by atoms with Gasteiger partial charge in [0.1, 0.15) is 11.9 Å². The predicted molar refractivity (Wildman–Crippen MR) is 157 cm³/mol. The van der Waals surface area contributed by atoms with Crippen molar-refractivity contribution < 1.29 is 14.0 Å². The molecular formula is C29H35ClFN7O2. The highest BCUT2D eigenvalue weighted by Gasteiger charge is 2.26. The van der Waals surface area contributed by atoms with Gasteiger partial charge in [-0.05, 0) is 43.0 Å². The number of carbonyl (C=O) groups is 1. The number of hydrogen-bond donors (Lipinski definition) is 2. The molecule has 0 aromatic heterocycles. The number of nitrogens with two attached hydrogens (primary N) is 1. The van der Waals surface area contributed by atoms with Crippen molar-refractivity contribution in [3.8, 4) is 0 Å². The van der Waals surface area contributed by atoms with Gasteiger partial charge in [0.05, 0.1) is 17.9 Å². The Kier molecular flexibility index (Phi) is 8.84. The van der Waals surface area contributed by atoms with Gasteiger partial charge in [0, 0.05) is 61.7 Å². The van der Waals surface area contributed by atoms with Gasteiger partial charge in [-0.25, -0.2) is 4.39 Å². The van der Waals surface area contributed by atoms with Crippen LogP contribution in [-0.4, -0.2) is 67.0 Å². The zero-order chi connectivity index (χ0) is 28.1. The van der Waals surface area contributed by atoms with Crippen LogP contribution in [0, 0.1) is 5.82 Å². The van der Waals surface area contributed by atoms with E-state index < -0.39 is 0 Å². The lowest BCUT2D eigenvalue weighted by molar-refractivity contribution is -0.119. The molecule has 0 spiro atoms. The van der Waals surface area contributed by atoms with Gasteiger partial charge in [0.15, 0.2) is 0 Å². The summed E-state index contributed by atoms with van der Waals surface area (Å²) in [5, 5.41) is 16.5. The molecule has 2 atom stereocenters. The SMILES string of the molecule is CC(=O)NCC1CC(c2ccc(N3CCN(/C(N)=N/N=C4\CCCCC4c4ccccc4Cl)CC3)c(F)c2)=NO1. The minimum atomic E-state index is -0.310. The molecule has 0 bridgehead atoms. The molecule has 1 saturated carbocycles. The van der Waals surface area contributed by atoms with Gasteiger partial charge >= 0.3 is 0 Å². The molecule has 2 unspecified atom stereocenters. The Hall–Kier alpha value is -3.66. The van der Waals surface area contributed by atoms with Crippen molar-refractivity contribution in [3.63, 3.8) is 0 Å². The summed E-state index contributed by atoms with van der Waals surface area (Å²) in [6, 6.07) is 13.1. The van der Waals surface area contributed by atoms with Crippen LogP contribution in [0.5, 0.6) is 0 Å². The molecule has 2 aliphatic heterocycles. The highest BCUT2D eigenvalue weighted by Crippen LogP contribution is 2.35. The molecule has 1 aliphatic carbocycles. The molecule has 5 rings (SSSR count). The molecule has 40 heavy (non-hydrogen) atoms. The molecule has 11 heteroatoms. The fourth-order valence-corrected chi connectivity index (χ4v) is 5.74. The maximum Gasteiger partial charge on any atom is 0.217 e. The van der Waals surface area contributed by atoms with Crippen molar-refractivity contribution in [2.24, 2.45) is 21.1 Å². The van der Waals surface area contributed by atoms with Crippen LogP contribution >= 0.6 is 11.6 Å². The topological polar surface area (TPSA) is 108 Å². The Bertz CT molecular complexity index is 1320. The summed E-state index contributed by atoms with van der Waals surface area (Å²) in [5.41, 5.74) is 10.3. The Balaban J connectivity index is 1.18. The summed E-state index contributed by atoms with van der Waals surface area (Å²) in [6.45, 7) is 4.26. The summed E-state index contributed by atoms with van der Waals surface area (Å²) in [5.74, 6) is 0.0983. The van der Waals surface area contributed by atoms with Gasteiger partial charge < -0.3 is 25.7 Å². The minimum Gasteiger partial charge on any atom is -0.390 e. The van der Waals surface area contributed by atoms with Crippen LogP contribution in [0.4, 0.5) is 10.1 Å². The van der Waals surface area contributed by atoms with E-state index in [9.17, 15) is 4.79 Å². The van der Waals surface area contributed by atoms with Crippen LogP contribution in [0.2, 0.25) is 5.02 Å². The molecule has 2 heterocycles. The number of nitrogens with one attached hydrogen (secondary N) is 1. The summed E-state index contributed by atoms with van der Waals surface area (Å²) in [6.07, 6.45) is 4.36. The molecule has 2 aromatic carbocycles. The van der Waals surface area contributed by atoms with E-state index in [1.54, 1.807) is 6.07 Å². The Morgan fingerprint density at radius 2 is 2.00 bits per heavy atom. The maximum atomic E-state index is 15.1. The number of piperazine rings is 1. The first-order valence-electron chi connectivity index (χ1n) is 13.8. The highest BCUT2D eigenvalue weighted by molar-refractivity contribution is 6.31. The molecule has 3 aliphatic rings. The number of rotatable bonds is 6. The van der Waals surface area contributed by atoms with Gasteiger partial charge in [-0.15, -0.1) is 5.10 Å². The van der Waals surface area contributed by atoms with Gasteiger partial charge in [-0.2, -0.15) is 5.10 Å². The van der Waals surface area contributed by atoms with E-state index in [0.29, 0.717) is 62.1 Å². The van der Waals surface area contributed by atoms with E-state index in [2.05, 4.69) is 26.7 Å². The zero-order valence-electron chi connectivity index (χ0n) is 22.7. The van der Waals surface area contributed by atoms with Crippen molar-refractivity contribution in [2.75, 3.05) is 37.6 Å². The fraction of sp³-hybridized carbons (Fsp3) is 0.448. The van der Waals surface area contributed by atoms with E-state index in [0.717, 1.165) is 42.0 Å². The zero-order valence-corrected chi connectivity index (χ0v) is 23.4. The first kappa shape index (κ1) is 27.9. The fourth-order valence-electron chi connectivity index (χ4n) is 5.47. The average Bonchev–Trinajstić information content (AvgIpc) is 3.45. The number of anilines is 1. The van der Waals surface area contributed by atoms with Gasteiger partial charge in [0.2, 0.25) is 11.9 Å². The third-order valence-electron chi connectivity index (χ3n) is 7.68. The highest BCUT2D eigenvalue weighted by atomic mass is 35.5. The van der Waals surface area contributed by atoms with Crippen molar-refractivity contribution in [1.82, 2.24) is 10.2 Å². The van der Waals surface area contributed by atoms with Crippen molar-refractivity contribution in [1.29, 1.82) is 0 Å². The molecular weight excluding hydrogens is 533 g/mol. The number of hydrogen-bond acceptors (Lipinski definition) is 6. The van der Waals surface area contributed by atoms with Gasteiger partial charge in [-0.3, -0.25) is 4.79 Å². The number of nitrogens with zero attached hydrogens (tertiary/aromatic N) is 5. The monoisotopic (exact) mass is 567 g/mol. The van der Waals surface area contributed by atoms with Crippen LogP contribution in [0.15, 0.2) is 57.8 Å². The third kappa shape index (κ3) is 6.55. The summed E-state index contributed by atoms with van der Waals surface area (Å²) >= 11 is 6.47. The van der Waals surface area contributed by atoms with Gasteiger partial charge in [0.25, 0.3) is 0 Å². The van der Waals surface area contributed by atoms with Crippen LogP contribution < -0.4 is 16.0 Å². The lowest BCUT2D eigenvalue weighted by Crippen LogP contribution is -2.51. The number of benzene rings is 2. The van der Waals surface area contributed by atoms with E-state index in [-0.39, 0.29) is 23.7 Å². The maximum absolute atomic E-state index is 15.1. The van der Waals surface area contributed by atoms with Crippen LogP contribution in [0.1, 0.15) is 56.1 Å². The van der Waals surface area contributed by atoms with E-state index in [1.165, 1.54) is 13.0 Å². The third-order valence-corrected chi connectivity index (χ3v) is 8.02. The van der Waals surface area contributed by atoms with Crippen molar-refractivity contribution in [2.45, 2.75) is 51.0 Å². The lowest BCUT2D eigenvalue weighted by Gasteiger charge is -2.36. The Labute approximate surface area is 238 Å². The van der Waals surface area contributed by atoms with Crippen LogP contribution in [-0.2, 0) is 9.63 Å². The number of carbonyl (C=O) groups excluding carboxylic acids is 1. The number of guanidine groups is 1. The van der Waals surface area contributed by atoms with Crippen LogP contribution in [0.25, 0.3) is 0 Å². The number of oxime groups is 1. The normalized spacial score (nSPS) is 22.7. The first-order chi connectivity index (χ1) is 19.4. The molecule has 212 valence electrons. The number of amides is 1. The molecule has 2 aromatic rings. The molecule has 0 radical (unpaired) electrons. The second kappa shape index (κ2) is 12.7. The smallest absolute Gasteiger partial charge is 0.217 e. The van der Waals surface area contributed by atoms with Crippen molar-refractivity contribution in [3.05, 3.63) is 64.4 Å². The molecule has 1 amide bonds. The van der Waals surface area contributed by atoms with E-state index in [4.69, 9.17) is 22.2 Å². The minimum absolute atomic E-state index is 0.125. The van der Waals surface area contributed by atoms with E-state index >= 15 is 4.39 Å². The predicted octanol–water partition coefficient (Wildman–Crippen LogP) is 4.26. The second-order valence-electron chi connectivity index (χ2n) is 10.4. The summed E-state index contributed by atoms with van der Waals surface area (Å²) in [4.78, 5) is 20.5. The summed E-state index contributed by atoms with van der Waals surface area (Å²) in [7, 11) is 0. The molecule has 1 saturated heterocycles. The van der Waals surface area contributed by atoms with Gasteiger partial charge in [-0.1, -0.05) is 47.4 Å². The first-order valence-corrected chi connectivity index (χ1v) is 14.2. The lowest BCUT2D eigenvalue weighted by atomic mass is 9.82. The van der Waals surface area contributed by atoms with Crippen LogP contribution in [0.3, 0.4) is 0 Å². The molecule has 9 nitrogen and oxygen atoms in total. The second-order valence-corrected chi connectivity index (χ2v) is 10.8. The number of halogens is 2. The molecule has 3 N–H and O–H groups in total. The average molecular weight is 568 g/mol. The Morgan fingerprint density at radius 1 is 1.20 bits per heavy atom. The Morgan fingerprint density at radius 3 is 2.75 bits per heavy atom. The van der Waals surface area contributed by atoms with Crippen molar-refractivity contribution >= 4 is 40.6 Å². The quantitative estimate of drug-likeness (QED) is 0.308. The standard InChI is InChI=1S/C29H35ClFN7O2/c1-19(39)33-18-21-17-27(36-40-21)20-10-11-28(25(31)16-20)37-12-14-38(15-13-37)29(32)35-34-26-9-5-3-7-23(26)22-6-2-4-8-24(22)30/h2,4,6,8,10-11,16,21,23H,3,5,7,9,12-15,17-18H2,1H3,(H2,32,35)(H,33,39)/b34-26+. The summed E-state index contributed by atoms with van der Waals surface area (Å²) < 4.78 is 15.1. The largest absolute Gasteiger partial charge is 0.390 e. The molecule has 2 fully saturated rings.